The Bertz CT molecular complexity index is 144. The molecule has 0 amide bonds. The maximum Gasteiger partial charge on any atom is 0.0975 e. The highest BCUT2D eigenvalue weighted by molar-refractivity contribution is 5.08. The molecule has 64 valence electrons. The number of hydrogen-bond donors (Lipinski definition) is 1. The van der Waals surface area contributed by atoms with Gasteiger partial charge in [-0.3, -0.25) is 0 Å². The molecule has 2 atom stereocenters. The average molecular weight is 155 g/mol. The minimum absolute atomic E-state index is 0.0162. The van der Waals surface area contributed by atoms with Crippen molar-refractivity contribution in [3.63, 3.8) is 0 Å². The van der Waals surface area contributed by atoms with E-state index in [1.165, 1.54) is 0 Å². The standard InChI is InChI=1S/C9H17NO/c1-6-8(10-4)9(3,7-2)11-5/h1,8,10H,7H2,2-5H3. The lowest BCUT2D eigenvalue weighted by Crippen LogP contribution is -2.47. The van der Waals surface area contributed by atoms with Crippen molar-refractivity contribution in [2.75, 3.05) is 14.2 Å². The van der Waals surface area contributed by atoms with Gasteiger partial charge in [-0.25, -0.2) is 0 Å². The fraction of sp³-hybridized carbons (Fsp3) is 0.778. The summed E-state index contributed by atoms with van der Waals surface area (Å²) >= 11 is 0. The molecule has 0 rings (SSSR count). The molecular formula is C9H17NO. The molecule has 0 aromatic carbocycles. The third-order valence-electron chi connectivity index (χ3n) is 2.23. The van der Waals surface area contributed by atoms with Gasteiger partial charge < -0.3 is 10.1 Å². The molecule has 11 heavy (non-hydrogen) atoms. The van der Waals surface area contributed by atoms with Crippen LogP contribution < -0.4 is 5.32 Å². The molecule has 2 unspecified atom stereocenters. The van der Waals surface area contributed by atoms with Crippen LogP contribution in [-0.2, 0) is 4.74 Å². The number of hydrogen-bond acceptors (Lipinski definition) is 2. The lowest BCUT2D eigenvalue weighted by atomic mass is 9.94. The van der Waals surface area contributed by atoms with Crippen molar-refractivity contribution < 1.29 is 4.74 Å². The third kappa shape index (κ3) is 2.21. The van der Waals surface area contributed by atoms with E-state index in [0.29, 0.717) is 0 Å². The van der Waals surface area contributed by atoms with Crippen LogP contribution in [0.25, 0.3) is 0 Å². The second-order valence-electron chi connectivity index (χ2n) is 2.76. The van der Waals surface area contributed by atoms with Gasteiger partial charge in [0, 0.05) is 7.11 Å². The van der Waals surface area contributed by atoms with Gasteiger partial charge in [0.25, 0.3) is 0 Å². The molecule has 0 spiro atoms. The maximum atomic E-state index is 5.33. The molecular weight excluding hydrogens is 138 g/mol. The van der Waals surface area contributed by atoms with Gasteiger partial charge in [-0.2, -0.15) is 0 Å². The van der Waals surface area contributed by atoms with Crippen LogP contribution in [0.2, 0.25) is 0 Å². The Balaban J connectivity index is 4.35. The second-order valence-corrected chi connectivity index (χ2v) is 2.76. The Morgan fingerprint density at radius 3 is 2.36 bits per heavy atom. The topological polar surface area (TPSA) is 21.3 Å². The van der Waals surface area contributed by atoms with Crippen LogP contribution in [0.1, 0.15) is 20.3 Å². The summed E-state index contributed by atoms with van der Waals surface area (Å²) in [5, 5.41) is 3.03. The zero-order valence-electron chi connectivity index (χ0n) is 7.77. The summed E-state index contributed by atoms with van der Waals surface area (Å²) in [4.78, 5) is 0. The van der Waals surface area contributed by atoms with E-state index < -0.39 is 0 Å². The predicted octanol–water partition coefficient (Wildman–Crippen LogP) is 1.02. The highest BCUT2D eigenvalue weighted by Crippen LogP contribution is 2.18. The molecule has 2 heteroatoms. The van der Waals surface area contributed by atoms with E-state index in [-0.39, 0.29) is 11.6 Å². The van der Waals surface area contributed by atoms with Crippen molar-refractivity contribution in [3.8, 4) is 12.3 Å². The number of rotatable bonds is 4. The first-order valence-electron chi connectivity index (χ1n) is 3.83. The fourth-order valence-corrected chi connectivity index (χ4v) is 1.03. The molecule has 2 nitrogen and oxygen atoms in total. The molecule has 0 saturated carbocycles. The van der Waals surface area contributed by atoms with E-state index in [2.05, 4.69) is 18.2 Å². The second kappa shape index (κ2) is 4.38. The Labute approximate surface area is 69.3 Å². The van der Waals surface area contributed by atoms with E-state index in [0.717, 1.165) is 6.42 Å². The molecule has 0 heterocycles. The Morgan fingerprint density at radius 1 is 1.73 bits per heavy atom. The molecule has 0 aromatic heterocycles. The van der Waals surface area contributed by atoms with Gasteiger partial charge in [-0.15, -0.1) is 6.42 Å². The minimum atomic E-state index is -0.247. The minimum Gasteiger partial charge on any atom is -0.376 e. The van der Waals surface area contributed by atoms with E-state index in [1.54, 1.807) is 7.11 Å². The molecule has 0 radical (unpaired) electrons. The van der Waals surface area contributed by atoms with Gasteiger partial charge in [0.05, 0.1) is 11.6 Å². The summed E-state index contributed by atoms with van der Waals surface area (Å²) in [5.74, 6) is 2.66. The smallest absolute Gasteiger partial charge is 0.0975 e. The van der Waals surface area contributed by atoms with Crippen molar-refractivity contribution in [1.82, 2.24) is 5.32 Å². The van der Waals surface area contributed by atoms with Crippen LogP contribution in [0.15, 0.2) is 0 Å². The van der Waals surface area contributed by atoms with Gasteiger partial charge in [-0.05, 0) is 20.4 Å². The van der Waals surface area contributed by atoms with E-state index in [1.807, 2.05) is 14.0 Å². The van der Waals surface area contributed by atoms with Crippen LogP contribution in [0, 0.1) is 12.3 Å². The summed E-state index contributed by atoms with van der Waals surface area (Å²) in [6, 6.07) is -0.0162. The first kappa shape index (κ1) is 10.5. The van der Waals surface area contributed by atoms with Gasteiger partial charge in [0.1, 0.15) is 0 Å². The van der Waals surface area contributed by atoms with Crippen LogP contribution >= 0.6 is 0 Å². The largest absolute Gasteiger partial charge is 0.376 e. The van der Waals surface area contributed by atoms with Crippen LogP contribution in [0.3, 0.4) is 0 Å². The zero-order chi connectivity index (χ0) is 8.91. The van der Waals surface area contributed by atoms with Crippen molar-refractivity contribution in [3.05, 3.63) is 0 Å². The molecule has 0 saturated heterocycles. The molecule has 0 aromatic rings. The van der Waals surface area contributed by atoms with Crippen LogP contribution in [-0.4, -0.2) is 25.8 Å². The van der Waals surface area contributed by atoms with Gasteiger partial charge in [0.15, 0.2) is 0 Å². The summed E-state index contributed by atoms with van der Waals surface area (Å²) in [6.45, 7) is 4.07. The van der Waals surface area contributed by atoms with E-state index in [4.69, 9.17) is 11.2 Å². The summed E-state index contributed by atoms with van der Waals surface area (Å²) < 4.78 is 5.33. The SMILES string of the molecule is C#CC(NC)C(C)(CC)OC. The number of methoxy groups -OCH3 is 1. The molecule has 0 fully saturated rings. The lowest BCUT2D eigenvalue weighted by Gasteiger charge is -2.32. The van der Waals surface area contributed by atoms with Crippen molar-refractivity contribution >= 4 is 0 Å². The van der Waals surface area contributed by atoms with Gasteiger partial charge in [-0.1, -0.05) is 12.8 Å². The van der Waals surface area contributed by atoms with E-state index >= 15 is 0 Å². The lowest BCUT2D eigenvalue weighted by molar-refractivity contribution is -0.0120. The zero-order valence-corrected chi connectivity index (χ0v) is 7.77. The monoisotopic (exact) mass is 155 g/mol. The fourth-order valence-electron chi connectivity index (χ4n) is 1.03. The number of nitrogens with one attached hydrogen (secondary N) is 1. The highest BCUT2D eigenvalue weighted by Gasteiger charge is 2.29. The van der Waals surface area contributed by atoms with Gasteiger partial charge in [0.2, 0.25) is 0 Å². The molecule has 0 aliphatic rings. The van der Waals surface area contributed by atoms with Crippen molar-refractivity contribution in [2.45, 2.75) is 31.9 Å². The van der Waals surface area contributed by atoms with Crippen LogP contribution in [0.4, 0.5) is 0 Å². The summed E-state index contributed by atoms with van der Waals surface area (Å²) in [5.41, 5.74) is -0.247. The Kier molecular flexibility index (Phi) is 4.17. The normalized spacial score (nSPS) is 18.5. The Hall–Kier alpha value is -0.520. The van der Waals surface area contributed by atoms with Crippen molar-refractivity contribution in [1.29, 1.82) is 0 Å². The Morgan fingerprint density at radius 2 is 2.27 bits per heavy atom. The molecule has 0 bridgehead atoms. The number of terminal acetylenes is 1. The highest BCUT2D eigenvalue weighted by atomic mass is 16.5. The molecule has 0 aliphatic heterocycles. The van der Waals surface area contributed by atoms with Crippen molar-refractivity contribution in [2.24, 2.45) is 0 Å². The third-order valence-corrected chi connectivity index (χ3v) is 2.23. The van der Waals surface area contributed by atoms with Gasteiger partial charge >= 0.3 is 0 Å². The number of likely N-dealkylation sites (N-methyl/N-ethyl adjacent to an activating group) is 1. The molecule has 0 aliphatic carbocycles. The maximum absolute atomic E-state index is 5.33. The van der Waals surface area contributed by atoms with E-state index in [9.17, 15) is 0 Å². The molecule has 1 N–H and O–H groups in total. The number of ether oxygens (including phenoxy) is 1. The first-order chi connectivity index (χ1) is 5.14. The summed E-state index contributed by atoms with van der Waals surface area (Å²) in [7, 11) is 3.53. The quantitative estimate of drug-likeness (QED) is 0.612. The van der Waals surface area contributed by atoms with Crippen LogP contribution in [0.5, 0.6) is 0 Å². The first-order valence-corrected chi connectivity index (χ1v) is 3.83. The predicted molar refractivity (Wildman–Crippen MR) is 47.4 cm³/mol. The average Bonchev–Trinajstić information content (AvgIpc) is 2.06. The summed E-state index contributed by atoms with van der Waals surface area (Å²) in [6.07, 6.45) is 6.23.